The van der Waals surface area contributed by atoms with Gasteiger partial charge in [0.05, 0.1) is 6.61 Å². The molecule has 1 amide bonds. The van der Waals surface area contributed by atoms with Crippen molar-refractivity contribution in [2.24, 2.45) is 0 Å². The number of aliphatic hydroxyl groups excluding tert-OH is 3. The van der Waals surface area contributed by atoms with Crippen LogP contribution in [0.4, 0.5) is 0 Å². The van der Waals surface area contributed by atoms with Crippen molar-refractivity contribution in [1.82, 2.24) is 14.9 Å². The molecule has 3 rings (SSSR count). The number of phosphoric acid groups is 2. The van der Waals surface area contributed by atoms with Crippen molar-refractivity contribution in [2.75, 3.05) is 6.61 Å². The van der Waals surface area contributed by atoms with Gasteiger partial charge in [0, 0.05) is 19.2 Å². The summed E-state index contributed by atoms with van der Waals surface area (Å²) in [5, 5.41) is 32.9. The van der Waals surface area contributed by atoms with Crippen molar-refractivity contribution in [1.29, 1.82) is 0 Å². The second-order valence-electron chi connectivity index (χ2n) is 8.53. The topological polar surface area (TPSA) is 299 Å². The Morgan fingerprint density at radius 2 is 1.84 bits per heavy atom. The lowest BCUT2D eigenvalue weighted by atomic mass is 9.96. The van der Waals surface area contributed by atoms with Gasteiger partial charge in [-0.2, -0.15) is 0 Å². The number of nitrogens with zero attached hydrogens (tertiary/aromatic N) is 1. The predicted molar refractivity (Wildman–Crippen MR) is 115 cm³/mol. The number of phosphoric ester groups is 2. The summed E-state index contributed by atoms with van der Waals surface area (Å²) in [7, 11) is -11.5. The number of ether oxygens (including phenoxy) is 2. The van der Waals surface area contributed by atoms with Crippen molar-refractivity contribution in [2.45, 2.75) is 69.0 Å². The molecular weight excluding hydrogens is 562 g/mol. The summed E-state index contributed by atoms with van der Waals surface area (Å²) in [4.78, 5) is 61.0. The Hall–Kier alpha value is -1.83. The van der Waals surface area contributed by atoms with Gasteiger partial charge in [-0.05, 0) is 6.92 Å². The van der Waals surface area contributed by atoms with E-state index in [1.54, 1.807) is 0 Å². The Morgan fingerprint density at radius 1 is 1.18 bits per heavy atom. The average Bonchev–Trinajstić information content (AvgIpc) is 3.06. The molecule has 0 aliphatic carbocycles. The lowest BCUT2D eigenvalue weighted by Gasteiger charge is -2.42. The number of rotatable bonds is 9. The van der Waals surface area contributed by atoms with Gasteiger partial charge in [0.25, 0.3) is 21.2 Å². The molecule has 2 aliphatic rings. The van der Waals surface area contributed by atoms with Gasteiger partial charge >= 0.3 is 5.69 Å². The molecule has 1 aromatic heterocycles. The summed E-state index contributed by atoms with van der Waals surface area (Å²) in [5.74, 6) is -0.688. The van der Waals surface area contributed by atoms with E-state index in [0.717, 1.165) is 23.8 Å². The standard InChI is InChI=1S/C17H28N4O15P2/c1-6-10(18)13(25)11(19-7(2)22)16(33-6)35-38(30,31)36-37(28,29)32-5-8-12(24)14(26)15(34-8)21-4-3-9(23)20-17(21)27/h3-4,6,8,10-16,24-26H,5,18H2,1-2H3,(H,19,22)(H,28,29)(H,30,31)(H,20,23,27)/p-1/t6-,8+,10+,11+,12+,13-,14+,15+,16+/m0/s1. The molecule has 21 heteroatoms. The molecule has 2 fully saturated rings. The number of H-pyrrole nitrogens is 1. The molecule has 0 spiro atoms. The second-order valence-corrected chi connectivity index (χ2v) is 11.4. The van der Waals surface area contributed by atoms with Crippen LogP contribution in [0.2, 0.25) is 0 Å². The number of carbonyl (C=O) groups is 1. The monoisotopic (exact) mass is 589 g/mol. The zero-order valence-electron chi connectivity index (χ0n) is 19.8. The molecule has 2 unspecified atom stereocenters. The number of hydrogen-bond acceptors (Lipinski definition) is 15. The number of amides is 1. The van der Waals surface area contributed by atoms with Crippen LogP contribution in [0.25, 0.3) is 0 Å². The second kappa shape index (κ2) is 11.7. The predicted octanol–water partition coefficient (Wildman–Crippen LogP) is -5.64. The van der Waals surface area contributed by atoms with Crippen LogP contribution in [0.15, 0.2) is 21.9 Å². The lowest BCUT2D eigenvalue weighted by Crippen LogP contribution is -2.78. The highest BCUT2D eigenvalue weighted by atomic mass is 31.3. The van der Waals surface area contributed by atoms with E-state index in [9.17, 15) is 48.6 Å². The van der Waals surface area contributed by atoms with Crippen LogP contribution in [0.3, 0.4) is 0 Å². The van der Waals surface area contributed by atoms with E-state index >= 15 is 0 Å². The summed E-state index contributed by atoms with van der Waals surface area (Å²) < 4.78 is 48.9. The minimum absolute atomic E-state index is 0.688. The van der Waals surface area contributed by atoms with Crippen LogP contribution in [-0.2, 0) is 36.8 Å². The maximum Gasteiger partial charge on any atom is 0.330 e. The van der Waals surface area contributed by atoms with Crippen LogP contribution >= 0.6 is 15.6 Å². The first-order chi connectivity index (χ1) is 17.5. The van der Waals surface area contributed by atoms with Gasteiger partial charge in [0.2, 0.25) is 5.91 Å². The molecule has 0 saturated carbocycles. The zero-order valence-corrected chi connectivity index (χ0v) is 21.6. The smallest absolute Gasteiger partial charge is 0.330 e. The zero-order chi connectivity index (χ0) is 28.6. The van der Waals surface area contributed by atoms with Gasteiger partial charge in [0.1, 0.15) is 42.6 Å². The maximum atomic E-state index is 12.3. The van der Waals surface area contributed by atoms with Crippen LogP contribution in [0.5, 0.6) is 0 Å². The Balaban J connectivity index is 1.64. The Bertz CT molecular complexity index is 1220. The number of aliphatic hydroxyl groups is 3. The number of hydrogen-bond donors (Lipinski definition) is 6. The quantitative estimate of drug-likeness (QED) is 0.146. The van der Waals surface area contributed by atoms with Gasteiger partial charge in [-0.1, -0.05) is 0 Å². The highest BCUT2D eigenvalue weighted by Crippen LogP contribution is 2.57. The molecule has 38 heavy (non-hydrogen) atoms. The molecule has 3 heterocycles. The number of aromatic amines is 1. The molecule has 8 N–H and O–H groups in total. The van der Waals surface area contributed by atoms with Crippen molar-refractivity contribution in [3.8, 4) is 0 Å². The Labute approximate surface area is 213 Å². The van der Waals surface area contributed by atoms with Crippen molar-refractivity contribution in [3.63, 3.8) is 0 Å². The SMILES string of the molecule is CC(=O)N[C@H]1[C@@H](OP(=O)([O-])OP(=O)([O-])OC[C@H]2O[C@@H](n3ccc(=O)[nH]c3=O)[C@H](O)[C@@H]2O)O[C@@H](C)[C@@H]([NH3+])[C@@H]1O. The number of nitrogens with one attached hydrogen (secondary N) is 2. The molecule has 0 bridgehead atoms. The average molecular weight is 589 g/mol. The first-order valence-electron chi connectivity index (χ1n) is 10.9. The van der Waals surface area contributed by atoms with Crippen LogP contribution in [-0.4, -0.2) is 86.3 Å². The summed E-state index contributed by atoms with van der Waals surface area (Å²) in [6.07, 6.45) is -9.95. The summed E-state index contributed by atoms with van der Waals surface area (Å²) in [6, 6.07) is -1.33. The number of aromatic nitrogens is 2. The van der Waals surface area contributed by atoms with E-state index in [4.69, 9.17) is 9.47 Å². The first-order valence-corrected chi connectivity index (χ1v) is 13.9. The third-order valence-corrected chi connectivity index (χ3v) is 8.25. The van der Waals surface area contributed by atoms with E-state index in [1.807, 2.05) is 4.98 Å². The summed E-state index contributed by atoms with van der Waals surface area (Å²) in [5.41, 5.74) is 1.91. The summed E-state index contributed by atoms with van der Waals surface area (Å²) >= 11 is 0. The summed E-state index contributed by atoms with van der Waals surface area (Å²) in [6.45, 7) is 1.43. The van der Waals surface area contributed by atoms with Gasteiger partial charge in [-0.15, -0.1) is 0 Å². The van der Waals surface area contributed by atoms with Crippen LogP contribution < -0.4 is 32.1 Å². The van der Waals surface area contributed by atoms with Gasteiger partial charge in [0.15, 0.2) is 12.5 Å². The van der Waals surface area contributed by atoms with E-state index in [1.165, 1.54) is 6.92 Å². The van der Waals surface area contributed by atoms with Crippen molar-refractivity contribution < 1.29 is 67.6 Å². The van der Waals surface area contributed by atoms with E-state index in [2.05, 4.69) is 24.4 Å². The number of carbonyl (C=O) groups excluding carboxylic acids is 1. The molecule has 2 saturated heterocycles. The van der Waals surface area contributed by atoms with Crippen LogP contribution in [0, 0.1) is 0 Å². The molecule has 19 nitrogen and oxygen atoms in total. The van der Waals surface area contributed by atoms with Gasteiger partial charge < -0.3 is 50.2 Å². The van der Waals surface area contributed by atoms with Crippen molar-refractivity contribution in [3.05, 3.63) is 33.1 Å². The fraction of sp³-hybridized carbons (Fsp3) is 0.706. The molecule has 216 valence electrons. The Morgan fingerprint density at radius 3 is 2.45 bits per heavy atom. The minimum Gasteiger partial charge on any atom is -0.756 e. The van der Waals surface area contributed by atoms with Crippen LogP contribution in [0.1, 0.15) is 20.1 Å². The number of quaternary nitrogens is 1. The molecular formula is C17H27N4O15P2-. The largest absolute Gasteiger partial charge is 0.756 e. The minimum atomic E-state index is -5.79. The van der Waals surface area contributed by atoms with Gasteiger partial charge in [-0.3, -0.25) is 32.8 Å². The lowest BCUT2D eigenvalue weighted by molar-refractivity contribution is -0.475. The van der Waals surface area contributed by atoms with E-state index in [0.29, 0.717) is 0 Å². The van der Waals surface area contributed by atoms with E-state index in [-0.39, 0.29) is 0 Å². The van der Waals surface area contributed by atoms with E-state index < -0.39 is 94.5 Å². The van der Waals surface area contributed by atoms with Crippen molar-refractivity contribution >= 4 is 21.6 Å². The fourth-order valence-corrected chi connectivity index (χ4v) is 5.85. The third kappa shape index (κ3) is 7.22. The molecule has 0 radical (unpaired) electrons. The maximum absolute atomic E-state index is 12.3. The molecule has 2 aliphatic heterocycles. The fourth-order valence-electron chi connectivity index (χ4n) is 3.76. The molecule has 11 atom stereocenters. The third-order valence-electron chi connectivity index (χ3n) is 5.71. The highest BCUT2D eigenvalue weighted by molar-refractivity contribution is 7.59. The first kappa shape index (κ1) is 30.7. The highest BCUT2D eigenvalue weighted by Gasteiger charge is 2.47. The van der Waals surface area contributed by atoms with Gasteiger partial charge in [-0.25, -0.2) is 9.11 Å². The Kier molecular flexibility index (Phi) is 9.48. The molecule has 1 aromatic rings. The normalized spacial score (nSPS) is 36.8. The molecule has 0 aromatic carbocycles.